The van der Waals surface area contributed by atoms with E-state index in [1.807, 2.05) is 0 Å². The van der Waals surface area contributed by atoms with Gasteiger partial charge >= 0.3 is 6.18 Å². The summed E-state index contributed by atoms with van der Waals surface area (Å²) in [4.78, 5) is 10.5. The van der Waals surface area contributed by atoms with Crippen molar-refractivity contribution in [3.8, 4) is 11.3 Å². The summed E-state index contributed by atoms with van der Waals surface area (Å²) in [5.41, 5.74) is -1.07. The fourth-order valence-corrected chi connectivity index (χ4v) is 2.06. The highest BCUT2D eigenvalue weighted by Gasteiger charge is 2.35. The second-order valence-corrected chi connectivity index (χ2v) is 4.45. The highest BCUT2D eigenvalue weighted by atomic mass is 35.5. The van der Waals surface area contributed by atoms with Crippen molar-refractivity contribution in [1.29, 1.82) is 0 Å². The number of aldehydes is 1. The normalized spacial score (nSPS) is 11.6. The molecule has 0 unspecified atom stereocenters. The van der Waals surface area contributed by atoms with E-state index in [0.29, 0.717) is 6.29 Å². The number of carbonyl (C=O) groups excluding carboxylic acids is 1. The van der Waals surface area contributed by atoms with Crippen LogP contribution in [0.25, 0.3) is 11.3 Å². The lowest BCUT2D eigenvalue weighted by molar-refractivity contribution is -0.137. The first-order valence-electron chi connectivity index (χ1n) is 4.94. The Balaban J connectivity index is 2.64. The third kappa shape index (κ3) is 2.77. The predicted molar refractivity (Wildman–Crippen MR) is 64.6 cm³/mol. The van der Waals surface area contributed by atoms with E-state index in [9.17, 15) is 18.0 Å². The molecular weight excluding hydrogens is 304 g/mol. The minimum atomic E-state index is -4.63. The molecule has 0 radical (unpaired) electrons. The highest BCUT2D eigenvalue weighted by Crippen LogP contribution is 2.42. The molecule has 0 aliphatic heterocycles. The molecule has 0 fully saturated rings. The maximum atomic E-state index is 12.8. The Labute approximate surface area is 115 Å². The van der Waals surface area contributed by atoms with Gasteiger partial charge in [0.2, 0.25) is 0 Å². The maximum absolute atomic E-state index is 12.8. The van der Waals surface area contributed by atoms with Crippen molar-refractivity contribution in [1.82, 2.24) is 0 Å². The number of rotatable bonds is 2. The van der Waals surface area contributed by atoms with E-state index in [1.54, 1.807) is 0 Å². The van der Waals surface area contributed by atoms with Gasteiger partial charge in [-0.1, -0.05) is 23.2 Å². The Hall–Kier alpha value is -1.46. The number of alkyl halides is 3. The third-order valence-electron chi connectivity index (χ3n) is 2.35. The van der Waals surface area contributed by atoms with Crippen LogP contribution >= 0.6 is 23.2 Å². The zero-order valence-electron chi connectivity index (χ0n) is 9.09. The predicted octanol–water partition coefficient (Wildman–Crippen LogP) is 5.08. The molecule has 0 aliphatic rings. The average molecular weight is 309 g/mol. The Morgan fingerprint density at radius 2 is 1.84 bits per heavy atom. The van der Waals surface area contributed by atoms with Crippen molar-refractivity contribution in [2.45, 2.75) is 6.18 Å². The van der Waals surface area contributed by atoms with Gasteiger partial charge in [-0.15, -0.1) is 0 Å². The van der Waals surface area contributed by atoms with Crippen LogP contribution in [0.15, 0.2) is 28.7 Å². The summed E-state index contributed by atoms with van der Waals surface area (Å²) < 4.78 is 43.3. The Bertz CT molecular complexity index is 632. The Kier molecular flexibility index (Phi) is 3.60. The van der Waals surface area contributed by atoms with E-state index in [2.05, 4.69) is 0 Å². The topological polar surface area (TPSA) is 30.2 Å². The summed E-state index contributed by atoms with van der Waals surface area (Å²) >= 11 is 11.4. The first-order chi connectivity index (χ1) is 8.82. The molecule has 1 heterocycles. The van der Waals surface area contributed by atoms with Crippen molar-refractivity contribution >= 4 is 29.5 Å². The number of hydrogen-bond acceptors (Lipinski definition) is 2. The molecule has 1 aromatic carbocycles. The number of halogens is 5. The molecular formula is C12H5Cl2F3O2. The fraction of sp³-hybridized carbons (Fsp3) is 0.0833. The molecule has 19 heavy (non-hydrogen) atoms. The van der Waals surface area contributed by atoms with Crippen molar-refractivity contribution in [3.63, 3.8) is 0 Å². The lowest BCUT2D eigenvalue weighted by Crippen LogP contribution is -2.06. The number of benzene rings is 1. The molecule has 0 spiro atoms. The lowest BCUT2D eigenvalue weighted by atomic mass is 10.1. The molecule has 100 valence electrons. The Morgan fingerprint density at radius 3 is 2.37 bits per heavy atom. The molecule has 0 amide bonds. The lowest BCUT2D eigenvalue weighted by Gasteiger charge is -2.12. The van der Waals surface area contributed by atoms with E-state index >= 15 is 0 Å². The van der Waals surface area contributed by atoms with E-state index < -0.39 is 16.8 Å². The van der Waals surface area contributed by atoms with Gasteiger partial charge < -0.3 is 4.42 Å². The molecule has 2 nitrogen and oxygen atoms in total. The standard InChI is InChI=1S/C12H5Cl2F3O2/c13-6-3-8(10-2-1-7(5-18)19-10)11(14)9(4-6)12(15,16)17/h1-5H. The number of hydrogen-bond donors (Lipinski definition) is 0. The molecule has 2 aromatic rings. The molecule has 7 heteroatoms. The van der Waals surface area contributed by atoms with Gasteiger partial charge in [-0.25, -0.2) is 0 Å². The summed E-state index contributed by atoms with van der Waals surface area (Å²) in [6.07, 6.45) is -4.19. The van der Waals surface area contributed by atoms with Gasteiger partial charge in [0.15, 0.2) is 12.0 Å². The summed E-state index contributed by atoms with van der Waals surface area (Å²) in [7, 11) is 0. The van der Waals surface area contributed by atoms with Crippen LogP contribution in [-0.4, -0.2) is 6.29 Å². The molecule has 0 N–H and O–H groups in total. The van der Waals surface area contributed by atoms with Crippen molar-refractivity contribution in [3.05, 3.63) is 45.6 Å². The molecule has 0 aliphatic carbocycles. The van der Waals surface area contributed by atoms with E-state index in [4.69, 9.17) is 27.6 Å². The smallest absolute Gasteiger partial charge is 0.417 e. The zero-order valence-corrected chi connectivity index (χ0v) is 10.6. The van der Waals surface area contributed by atoms with Crippen LogP contribution in [-0.2, 0) is 6.18 Å². The number of furan rings is 1. The highest BCUT2D eigenvalue weighted by molar-refractivity contribution is 6.36. The van der Waals surface area contributed by atoms with E-state index in [0.717, 1.165) is 6.07 Å². The largest absolute Gasteiger partial charge is 0.453 e. The van der Waals surface area contributed by atoms with Crippen LogP contribution in [0.1, 0.15) is 16.1 Å². The zero-order chi connectivity index (χ0) is 14.2. The van der Waals surface area contributed by atoms with E-state index in [1.165, 1.54) is 18.2 Å². The summed E-state index contributed by atoms with van der Waals surface area (Å²) in [6.45, 7) is 0. The second-order valence-electron chi connectivity index (χ2n) is 3.63. The van der Waals surface area contributed by atoms with Gasteiger partial charge in [0, 0.05) is 10.6 Å². The van der Waals surface area contributed by atoms with Gasteiger partial charge in [0.25, 0.3) is 0 Å². The van der Waals surface area contributed by atoms with Crippen molar-refractivity contribution < 1.29 is 22.4 Å². The summed E-state index contributed by atoms with van der Waals surface area (Å²) in [5, 5.41) is -0.653. The molecule has 0 atom stereocenters. The maximum Gasteiger partial charge on any atom is 0.417 e. The van der Waals surface area contributed by atoms with Crippen LogP contribution in [0.2, 0.25) is 10.0 Å². The van der Waals surface area contributed by atoms with Crippen molar-refractivity contribution in [2.75, 3.05) is 0 Å². The third-order valence-corrected chi connectivity index (χ3v) is 2.98. The number of carbonyl (C=O) groups is 1. The molecule has 2 rings (SSSR count). The molecule has 0 saturated heterocycles. The van der Waals surface area contributed by atoms with Gasteiger partial charge in [0.1, 0.15) is 5.76 Å². The fourth-order valence-electron chi connectivity index (χ4n) is 1.54. The summed E-state index contributed by atoms with van der Waals surface area (Å²) in [6, 6.07) is 4.65. The van der Waals surface area contributed by atoms with E-state index in [-0.39, 0.29) is 22.1 Å². The van der Waals surface area contributed by atoms with Gasteiger partial charge in [-0.05, 0) is 24.3 Å². The van der Waals surface area contributed by atoms with Gasteiger partial charge in [-0.2, -0.15) is 13.2 Å². The molecule has 1 aromatic heterocycles. The first-order valence-corrected chi connectivity index (χ1v) is 5.70. The van der Waals surface area contributed by atoms with Crippen LogP contribution < -0.4 is 0 Å². The first kappa shape index (κ1) is 14.0. The van der Waals surface area contributed by atoms with Gasteiger partial charge in [-0.3, -0.25) is 4.79 Å². The SMILES string of the molecule is O=Cc1ccc(-c2cc(Cl)cc(C(F)(F)F)c2Cl)o1. The second kappa shape index (κ2) is 4.90. The minimum Gasteiger partial charge on any atom is -0.453 e. The monoisotopic (exact) mass is 308 g/mol. The quantitative estimate of drug-likeness (QED) is 0.724. The molecule has 0 saturated carbocycles. The van der Waals surface area contributed by atoms with Crippen molar-refractivity contribution in [2.24, 2.45) is 0 Å². The Morgan fingerprint density at radius 1 is 1.16 bits per heavy atom. The molecule has 0 bridgehead atoms. The average Bonchev–Trinajstić information content (AvgIpc) is 2.78. The van der Waals surface area contributed by atoms with Crippen LogP contribution in [0.5, 0.6) is 0 Å². The summed E-state index contributed by atoms with van der Waals surface area (Å²) in [5.74, 6) is 0.0275. The van der Waals surface area contributed by atoms with Crippen LogP contribution in [0, 0.1) is 0 Å². The minimum absolute atomic E-state index is 0.0143. The van der Waals surface area contributed by atoms with Gasteiger partial charge in [0.05, 0.1) is 10.6 Å². The van der Waals surface area contributed by atoms with Crippen LogP contribution in [0.3, 0.4) is 0 Å². The van der Waals surface area contributed by atoms with Crippen LogP contribution in [0.4, 0.5) is 13.2 Å².